The molecule has 0 radical (unpaired) electrons. The molecule has 0 saturated carbocycles. The number of methoxy groups -OCH3 is 1. The largest absolute Gasteiger partial charge is 0.386 e. The number of morpholine rings is 1. The number of carbonyl (C=O) groups is 2. The number of amides is 2. The molecule has 2 unspecified atom stereocenters. The summed E-state index contributed by atoms with van der Waals surface area (Å²) in [6, 6.07) is 6.44. The number of hydrogen-bond donors (Lipinski definition) is 2. The predicted molar refractivity (Wildman–Crippen MR) is 83.9 cm³/mol. The zero-order valence-electron chi connectivity index (χ0n) is 13.3. The van der Waals surface area contributed by atoms with E-state index in [1.54, 1.807) is 29.2 Å². The number of hydrogen-bond acceptors (Lipinski definition) is 5. The Bertz CT molecular complexity index is 546. The summed E-state index contributed by atoms with van der Waals surface area (Å²) in [5, 5.41) is 13.2. The van der Waals surface area contributed by atoms with Crippen molar-refractivity contribution in [3.05, 3.63) is 29.8 Å². The van der Waals surface area contributed by atoms with E-state index in [1.807, 2.05) is 6.92 Å². The number of carbonyl (C=O) groups excluding carboxylic acids is 2. The van der Waals surface area contributed by atoms with Crippen LogP contribution in [0.15, 0.2) is 24.3 Å². The molecule has 1 heterocycles. The van der Waals surface area contributed by atoms with Crippen molar-refractivity contribution < 1.29 is 24.2 Å². The molecule has 1 aliphatic heterocycles. The third-order valence-corrected chi connectivity index (χ3v) is 3.75. The smallest absolute Gasteiger partial charge is 0.250 e. The van der Waals surface area contributed by atoms with Crippen molar-refractivity contribution in [2.45, 2.75) is 19.1 Å². The third kappa shape index (κ3) is 4.28. The van der Waals surface area contributed by atoms with Crippen LogP contribution in [0, 0.1) is 0 Å². The third-order valence-electron chi connectivity index (χ3n) is 3.75. The number of ether oxygens (including phenoxy) is 2. The first kappa shape index (κ1) is 17.4. The van der Waals surface area contributed by atoms with E-state index in [0.29, 0.717) is 24.4 Å². The Labute approximate surface area is 135 Å². The van der Waals surface area contributed by atoms with Crippen molar-refractivity contribution in [2.24, 2.45) is 0 Å². The fourth-order valence-corrected chi connectivity index (χ4v) is 2.61. The van der Waals surface area contributed by atoms with Crippen molar-refractivity contribution in [3.63, 3.8) is 0 Å². The molecule has 2 N–H and O–H groups in total. The van der Waals surface area contributed by atoms with Crippen molar-refractivity contribution >= 4 is 17.5 Å². The highest BCUT2D eigenvalue weighted by molar-refractivity contribution is 5.91. The van der Waals surface area contributed by atoms with Gasteiger partial charge in [0.25, 0.3) is 0 Å². The lowest BCUT2D eigenvalue weighted by atomic mass is 10.00. The lowest BCUT2D eigenvalue weighted by Crippen LogP contribution is -2.51. The zero-order valence-corrected chi connectivity index (χ0v) is 13.3. The van der Waals surface area contributed by atoms with Gasteiger partial charge in [0.2, 0.25) is 11.8 Å². The summed E-state index contributed by atoms with van der Waals surface area (Å²) < 4.78 is 10.00. The minimum absolute atomic E-state index is 0.0165. The van der Waals surface area contributed by atoms with E-state index in [4.69, 9.17) is 9.47 Å². The predicted octanol–water partition coefficient (Wildman–Crippen LogP) is 0.552. The molecular formula is C16H22N2O5. The Balaban J connectivity index is 2.06. The van der Waals surface area contributed by atoms with Gasteiger partial charge in [0.05, 0.1) is 12.6 Å². The van der Waals surface area contributed by atoms with E-state index < -0.39 is 12.1 Å². The minimum Gasteiger partial charge on any atom is -0.386 e. The Morgan fingerprint density at radius 2 is 2.17 bits per heavy atom. The van der Waals surface area contributed by atoms with Gasteiger partial charge >= 0.3 is 0 Å². The van der Waals surface area contributed by atoms with Crippen molar-refractivity contribution in [3.8, 4) is 0 Å². The van der Waals surface area contributed by atoms with Crippen LogP contribution in [0.2, 0.25) is 0 Å². The molecule has 2 amide bonds. The Hall–Kier alpha value is -1.96. The van der Waals surface area contributed by atoms with Crippen LogP contribution in [0.5, 0.6) is 0 Å². The molecule has 7 heteroatoms. The van der Waals surface area contributed by atoms with Crippen molar-refractivity contribution in [1.82, 2.24) is 4.90 Å². The molecule has 1 aromatic carbocycles. The minimum atomic E-state index is -0.845. The molecule has 0 bridgehead atoms. The SMILES string of the molecule is CCN1C(=O)COCC1C(O)c1ccc(NC(=O)COC)cc1. The number of aliphatic hydroxyl groups is 1. The van der Waals surface area contributed by atoms with Gasteiger partial charge in [-0.05, 0) is 24.6 Å². The van der Waals surface area contributed by atoms with Gasteiger partial charge in [-0.25, -0.2) is 0 Å². The van der Waals surface area contributed by atoms with Crippen LogP contribution in [-0.2, 0) is 19.1 Å². The first-order chi connectivity index (χ1) is 11.1. The molecule has 7 nitrogen and oxygen atoms in total. The number of nitrogens with zero attached hydrogens (tertiary/aromatic N) is 1. The van der Waals surface area contributed by atoms with Gasteiger partial charge in [-0.15, -0.1) is 0 Å². The second kappa shape index (κ2) is 8.05. The Morgan fingerprint density at radius 1 is 1.48 bits per heavy atom. The second-order valence-electron chi connectivity index (χ2n) is 5.31. The summed E-state index contributed by atoms with van der Waals surface area (Å²) in [7, 11) is 1.45. The van der Waals surface area contributed by atoms with E-state index in [0.717, 1.165) is 0 Å². The Morgan fingerprint density at radius 3 is 2.78 bits per heavy atom. The van der Waals surface area contributed by atoms with Gasteiger partial charge in [-0.2, -0.15) is 0 Å². The molecule has 0 aliphatic carbocycles. The molecule has 126 valence electrons. The number of aliphatic hydroxyl groups excluding tert-OH is 1. The normalized spacial score (nSPS) is 19.5. The molecule has 0 aromatic heterocycles. The summed E-state index contributed by atoms with van der Waals surface area (Å²) in [5.41, 5.74) is 1.28. The maximum absolute atomic E-state index is 11.8. The van der Waals surface area contributed by atoms with Crippen LogP contribution in [0.3, 0.4) is 0 Å². The van der Waals surface area contributed by atoms with Crippen LogP contribution in [0.25, 0.3) is 0 Å². The average molecular weight is 322 g/mol. The van der Waals surface area contributed by atoms with E-state index in [2.05, 4.69) is 5.32 Å². The molecule has 1 fully saturated rings. The molecule has 2 rings (SSSR count). The first-order valence-electron chi connectivity index (χ1n) is 7.50. The molecular weight excluding hydrogens is 300 g/mol. The number of rotatable bonds is 6. The van der Waals surface area contributed by atoms with Crippen LogP contribution in [0.4, 0.5) is 5.69 Å². The zero-order chi connectivity index (χ0) is 16.8. The van der Waals surface area contributed by atoms with Gasteiger partial charge in [0.1, 0.15) is 19.3 Å². The summed E-state index contributed by atoms with van der Waals surface area (Å²) in [6.07, 6.45) is -0.845. The number of benzene rings is 1. The van der Waals surface area contributed by atoms with E-state index >= 15 is 0 Å². The maximum Gasteiger partial charge on any atom is 0.250 e. The second-order valence-corrected chi connectivity index (χ2v) is 5.31. The summed E-state index contributed by atoms with van der Waals surface area (Å²) in [6.45, 7) is 2.73. The monoisotopic (exact) mass is 322 g/mol. The van der Waals surface area contributed by atoms with Crippen LogP contribution >= 0.6 is 0 Å². The topological polar surface area (TPSA) is 88.1 Å². The standard InChI is InChI=1S/C16H22N2O5/c1-3-18-13(8-23-10-15(18)20)16(21)11-4-6-12(7-5-11)17-14(19)9-22-2/h4-7,13,16,21H,3,8-10H2,1-2H3,(H,17,19). The highest BCUT2D eigenvalue weighted by atomic mass is 16.5. The lowest BCUT2D eigenvalue weighted by molar-refractivity contribution is -0.153. The van der Waals surface area contributed by atoms with Crippen molar-refractivity contribution in [2.75, 3.05) is 38.8 Å². The number of likely N-dealkylation sites (N-methyl/N-ethyl adjacent to an activating group) is 1. The first-order valence-corrected chi connectivity index (χ1v) is 7.50. The highest BCUT2D eigenvalue weighted by Gasteiger charge is 2.33. The van der Waals surface area contributed by atoms with Gasteiger partial charge in [-0.3, -0.25) is 9.59 Å². The van der Waals surface area contributed by atoms with Crippen LogP contribution in [-0.4, -0.2) is 61.3 Å². The van der Waals surface area contributed by atoms with Gasteiger partial charge in [0, 0.05) is 19.3 Å². The molecule has 1 saturated heterocycles. The molecule has 2 atom stereocenters. The Kier molecular flexibility index (Phi) is 6.09. The maximum atomic E-state index is 11.8. The fraction of sp³-hybridized carbons (Fsp3) is 0.500. The molecule has 0 spiro atoms. The van der Waals surface area contributed by atoms with Gasteiger partial charge < -0.3 is 24.8 Å². The average Bonchev–Trinajstić information content (AvgIpc) is 2.55. The summed E-state index contributed by atoms with van der Waals surface area (Å²) >= 11 is 0. The fourth-order valence-electron chi connectivity index (χ4n) is 2.61. The highest BCUT2D eigenvalue weighted by Crippen LogP contribution is 2.25. The van der Waals surface area contributed by atoms with Crippen LogP contribution in [0.1, 0.15) is 18.6 Å². The van der Waals surface area contributed by atoms with Crippen LogP contribution < -0.4 is 5.32 Å². The summed E-state index contributed by atoms with van der Waals surface area (Å²) in [4.78, 5) is 24.9. The van der Waals surface area contributed by atoms with E-state index in [9.17, 15) is 14.7 Å². The van der Waals surface area contributed by atoms with Crippen molar-refractivity contribution in [1.29, 1.82) is 0 Å². The quantitative estimate of drug-likeness (QED) is 0.799. The molecule has 1 aromatic rings. The number of anilines is 1. The lowest BCUT2D eigenvalue weighted by Gasteiger charge is -2.37. The summed E-state index contributed by atoms with van der Waals surface area (Å²) in [5.74, 6) is -0.365. The van der Waals surface area contributed by atoms with Gasteiger partial charge in [0.15, 0.2) is 0 Å². The number of nitrogens with one attached hydrogen (secondary N) is 1. The van der Waals surface area contributed by atoms with E-state index in [-0.39, 0.29) is 25.0 Å². The van der Waals surface area contributed by atoms with Gasteiger partial charge in [-0.1, -0.05) is 12.1 Å². The molecule has 1 aliphatic rings. The molecule has 23 heavy (non-hydrogen) atoms. The van der Waals surface area contributed by atoms with E-state index in [1.165, 1.54) is 7.11 Å².